The van der Waals surface area contributed by atoms with Crippen molar-refractivity contribution in [3.8, 4) is 0 Å². The van der Waals surface area contributed by atoms with Crippen LogP contribution in [0.15, 0.2) is 32.7 Å². The number of aromatic carboxylic acids is 1. The average molecular weight is 368 g/mol. The molecule has 1 heterocycles. The summed E-state index contributed by atoms with van der Waals surface area (Å²) in [6.45, 7) is 3.89. The van der Waals surface area contributed by atoms with Crippen LogP contribution in [0.1, 0.15) is 10.6 Å². The van der Waals surface area contributed by atoms with Gasteiger partial charge in [-0.1, -0.05) is 6.08 Å². The summed E-state index contributed by atoms with van der Waals surface area (Å²) in [7, 11) is -2.45. The van der Waals surface area contributed by atoms with Gasteiger partial charge in [0, 0.05) is 26.3 Å². The number of halogens is 1. The zero-order valence-electron chi connectivity index (χ0n) is 10.7. The average Bonchev–Trinajstić information content (AvgIpc) is 2.77. The highest BCUT2D eigenvalue weighted by molar-refractivity contribution is 9.10. The molecule has 9 heteroatoms. The predicted molar refractivity (Wildman–Crippen MR) is 74.2 cm³/mol. The van der Waals surface area contributed by atoms with Gasteiger partial charge in [-0.2, -0.15) is 4.31 Å². The van der Waals surface area contributed by atoms with E-state index in [9.17, 15) is 13.2 Å². The number of hydrogen-bond acceptors (Lipinski definition) is 5. The Morgan fingerprint density at radius 2 is 2.30 bits per heavy atom. The van der Waals surface area contributed by atoms with Crippen molar-refractivity contribution in [2.24, 2.45) is 0 Å². The highest BCUT2D eigenvalue weighted by Crippen LogP contribution is 2.28. The summed E-state index contributed by atoms with van der Waals surface area (Å²) in [4.78, 5) is 10.6. The summed E-state index contributed by atoms with van der Waals surface area (Å²) in [5, 5.41) is 8.81. The van der Waals surface area contributed by atoms with Crippen LogP contribution in [0.3, 0.4) is 0 Å². The molecule has 0 unspecified atom stereocenters. The van der Waals surface area contributed by atoms with Crippen molar-refractivity contribution in [1.29, 1.82) is 0 Å². The largest absolute Gasteiger partial charge is 0.475 e. The van der Waals surface area contributed by atoms with Gasteiger partial charge in [-0.15, -0.1) is 6.58 Å². The van der Waals surface area contributed by atoms with Gasteiger partial charge in [0.1, 0.15) is 4.90 Å². The monoisotopic (exact) mass is 367 g/mol. The van der Waals surface area contributed by atoms with Crippen LogP contribution in [0.4, 0.5) is 0 Å². The maximum Gasteiger partial charge on any atom is 0.371 e. The van der Waals surface area contributed by atoms with Gasteiger partial charge in [0.05, 0.1) is 6.61 Å². The van der Waals surface area contributed by atoms with Crippen LogP contribution in [0.5, 0.6) is 0 Å². The summed E-state index contributed by atoms with van der Waals surface area (Å²) in [6.07, 6.45) is 1.43. The fraction of sp³-hybridized carbons (Fsp3) is 0.364. The first-order valence-electron chi connectivity index (χ1n) is 5.47. The van der Waals surface area contributed by atoms with Crippen molar-refractivity contribution < 1.29 is 27.5 Å². The third-order valence-electron chi connectivity index (χ3n) is 2.36. The molecule has 0 aliphatic heterocycles. The predicted octanol–water partition coefficient (Wildman–Crippen LogP) is 1.56. The van der Waals surface area contributed by atoms with Crippen LogP contribution >= 0.6 is 15.9 Å². The molecule has 0 aliphatic rings. The van der Waals surface area contributed by atoms with E-state index in [2.05, 4.69) is 22.5 Å². The van der Waals surface area contributed by atoms with Gasteiger partial charge < -0.3 is 14.3 Å². The second-order valence-electron chi connectivity index (χ2n) is 3.70. The molecule has 0 spiro atoms. The maximum atomic E-state index is 12.4. The van der Waals surface area contributed by atoms with Crippen LogP contribution in [-0.4, -0.2) is 50.6 Å². The summed E-state index contributed by atoms with van der Waals surface area (Å²) >= 11 is 2.92. The lowest BCUT2D eigenvalue weighted by Gasteiger charge is -2.19. The van der Waals surface area contributed by atoms with Crippen molar-refractivity contribution in [1.82, 2.24) is 4.31 Å². The molecule has 0 amide bonds. The number of rotatable bonds is 8. The summed E-state index contributed by atoms with van der Waals surface area (Å²) in [5.41, 5.74) is 0. The maximum absolute atomic E-state index is 12.4. The second kappa shape index (κ2) is 7.02. The molecule has 0 atom stereocenters. The van der Waals surface area contributed by atoms with Crippen LogP contribution in [0.25, 0.3) is 0 Å². The Bertz CT molecular complexity index is 594. The quantitative estimate of drug-likeness (QED) is 0.700. The zero-order chi connectivity index (χ0) is 15.3. The molecule has 0 fully saturated rings. The van der Waals surface area contributed by atoms with Gasteiger partial charge in [0.2, 0.25) is 15.8 Å². The molecule has 0 aromatic carbocycles. The van der Waals surface area contributed by atoms with Gasteiger partial charge >= 0.3 is 5.97 Å². The first kappa shape index (κ1) is 16.9. The first-order chi connectivity index (χ1) is 9.34. The topological polar surface area (TPSA) is 97.0 Å². The van der Waals surface area contributed by atoms with E-state index in [1.54, 1.807) is 0 Å². The van der Waals surface area contributed by atoms with Gasteiger partial charge in [-0.25, -0.2) is 13.2 Å². The smallest absolute Gasteiger partial charge is 0.371 e. The minimum atomic E-state index is -3.90. The number of hydrogen-bond donors (Lipinski definition) is 1. The molecular formula is C11H14BrNO6S. The number of carboxylic acid groups (broad SMARTS) is 1. The van der Waals surface area contributed by atoms with E-state index in [1.807, 2.05) is 0 Å². The standard InChI is InChI=1S/C11H14BrNO6S/c1-3-4-13(5-6-18-2)20(16,17)9-7-8(11(14)15)19-10(9)12/h3,7H,1,4-6H2,2H3,(H,14,15). The van der Waals surface area contributed by atoms with Crippen LogP contribution in [0.2, 0.25) is 0 Å². The highest BCUT2D eigenvalue weighted by Gasteiger charge is 2.30. The van der Waals surface area contributed by atoms with Gasteiger partial charge in [0.25, 0.3) is 0 Å². The minimum Gasteiger partial charge on any atom is -0.475 e. The Kier molecular flexibility index (Phi) is 5.93. The van der Waals surface area contributed by atoms with Gasteiger partial charge in [-0.05, 0) is 15.9 Å². The molecule has 0 saturated heterocycles. The molecule has 20 heavy (non-hydrogen) atoms. The van der Waals surface area contributed by atoms with Crippen molar-refractivity contribution in [2.75, 3.05) is 26.8 Å². The Morgan fingerprint density at radius 1 is 1.65 bits per heavy atom. The normalized spacial score (nSPS) is 11.8. The van der Waals surface area contributed by atoms with Crippen molar-refractivity contribution in [3.63, 3.8) is 0 Å². The van der Waals surface area contributed by atoms with Crippen LogP contribution in [0, 0.1) is 0 Å². The summed E-state index contributed by atoms with van der Waals surface area (Å²) in [5.74, 6) is -1.81. The fourth-order valence-electron chi connectivity index (χ4n) is 1.42. The molecule has 1 aromatic heterocycles. The van der Waals surface area contributed by atoms with E-state index < -0.39 is 21.8 Å². The van der Waals surface area contributed by atoms with Crippen molar-refractivity contribution in [3.05, 3.63) is 29.2 Å². The third-order valence-corrected chi connectivity index (χ3v) is 5.08. The van der Waals surface area contributed by atoms with Crippen LogP contribution in [-0.2, 0) is 14.8 Å². The molecule has 0 bridgehead atoms. The van der Waals surface area contributed by atoms with E-state index in [4.69, 9.17) is 14.3 Å². The van der Waals surface area contributed by atoms with Crippen molar-refractivity contribution >= 4 is 31.9 Å². The van der Waals surface area contributed by atoms with Gasteiger partial charge in [0.15, 0.2) is 4.67 Å². The van der Waals surface area contributed by atoms with Crippen LogP contribution < -0.4 is 0 Å². The first-order valence-corrected chi connectivity index (χ1v) is 7.70. The van der Waals surface area contributed by atoms with E-state index in [1.165, 1.54) is 13.2 Å². The summed E-state index contributed by atoms with van der Waals surface area (Å²) in [6, 6.07) is 0.963. The number of carbonyl (C=O) groups is 1. The van der Waals surface area contributed by atoms with E-state index in [0.717, 1.165) is 10.4 Å². The molecule has 0 radical (unpaired) electrons. The number of nitrogens with zero attached hydrogens (tertiary/aromatic N) is 1. The molecule has 0 aliphatic carbocycles. The molecular weight excluding hydrogens is 354 g/mol. The Labute approximate surface area is 125 Å². The molecule has 112 valence electrons. The number of carboxylic acids is 1. The van der Waals surface area contributed by atoms with Crippen molar-refractivity contribution in [2.45, 2.75) is 4.90 Å². The molecule has 1 rings (SSSR count). The Morgan fingerprint density at radius 3 is 2.75 bits per heavy atom. The number of furan rings is 1. The summed E-state index contributed by atoms with van der Waals surface area (Å²) < 4.78 is 35.5. The fourth-order valence-corrected chi connectivity index (χ4v) is 3.72. The lowest BCUT2D eigenvalue weighted by Crippen LogP contribution is -2.34. The minimum absolute atomic E-state index is 0.0751. The number of ether oxygens (including phenoxy) is 1. The van der Waals surface area contributed by atoms with E-state index >= 15 is 0 Å². The lowest BCUT2D eigenvalue weighted by atomic mass is 10.5. The molecule has 0 saturated carbocycles. The molecule has 1 N–H and O–H groups in total. The number of methoxy groups -OCH3 is 1. The number of sulfonamides is 1. The lowest BCUT2D eigenvalue weighted by molar-refractivity contribution is 0.0661. The van der Waals surface area contributed by atoms with E-state index in [0.29, 0.717) is 0 Å². The Hall–Kier alpha value is -1.16. The zero-order valence-corrected chi connectivity index (χ0v) is 13.1. The molecule has 7 nitrogen and oxygen atoms in total. The van der Waals surface area contributed by atoms with Gasteiger partial charge in [-0.3, -0.25) is 0 Å². The van der Waals surface area contributed by atoms with E-state index in [-0.39, 0.29) is 29.3 Å². The molecule has 1 aromatic rings. The highest BCUT2D eigenvalue weighted by atomic mass is 79.9. The second-order valence-corrected chi connectivity index (χ2v) is 6.32. The SMILES string of the molecule is C=CCN(CCOC)S(=O)(=O)c1cc(C(=O)O)oc1Br. The Balaban J connectivity index is 3.18. The third kappa shape index (κ3) is 3.69.